The summed E-state index contributed by atoms with van der Waals surface area (Å²) in [5.41, 5.74) is 13.4. The highest BCUT2D eigenvalue weighted by molar-refractivity contribution is 6.19. The third-order valence-corrected chi connectivity index (χ3v) is 11.5. The van der Waals surface area contributed by atoms with Gasteiger partial charge in [-0.05, 0) is 83.1 Å². The molecule has 0 saturated carbocycles. The van der Waals surface area contributed by atoms with Crippen molar-refractivity contribution in [1.82, 2.24) is 14.5 Å². The van der Waals surface area contributed by atoms with E-state index in [-0.39, 0.29) is 0 Å². The van der Waals surface area contributed by atoms with E-state index in [0.717, 1.165) is 39.1 Å². The summed E-state index contributed by atoms with van der Waals surface area (Å²) >= 11 is 0. The van der Waals surface area contributed by atoms with E-state index in [1.165, 1.54) is 65.9 Å². The van der Waals surface area contributed by atoms with Crippen molar-refractivity contribution in [3.8, 4) is 39.5 Å². The summed E-state index contributed by atoms with van der Waals surface area (Å²) in [5.74, 6) is 0.703. The van der Waals surface area contributed by atoms with Crippen molar-refractivity contribution in [2.45, 2.75) is 0 Å². The van der Waals surface area contributed by atoms with Gasteiger partial charge in [0.2, 0.25) is 0 Å². The van der Waals surface area contributed by atoms with Crippen molar-refractivity contribution in [3.05, 3.63) is 194 Å². The van der Waals surface area contributed by atoms with Crippen LogP contribution in [-0.4, -0.2) is 14.5 Å². The Hall–Kier alpha value is -7.56. The summed E-state index contributed by atoms with van der Waals surface area (Å²) < 4.78 is 2.35. The van der Waals surface area contributed by atoms with E-state index < -0.39 is 0 Å². The van der Waals surface area contributed by atoms with Crippen molar-refractivity contribution in [1.29, 1.82) is 0 Å². The van der Waals surface area contributed by atoms with Crippen LogP contribution in [0, 0.1) is 0 Å². The Morgan fingerprint density at radius 1 is 0.393 bits per heavy atom. The lowest BCUT2D eigenvalue weighted by Gasteiger charge is -2.34. The largest absolute Gasteiger partial charge is 0.309 e. The normalized spacial score (nSPS) is 12.2. The van der Waals surface area contributed by atoms with Gasteiger partial charge in [0.1, 0.15) is 0 Å². The number of nitrogens with zero attached hydrogens (tertiary/aromatic N) is 4. The molecule has 0 aliphatic carbocycles. The van der Waals surface area contributed by atoms with E-state index >= 15 is 0 Å². The number of para-hydroxylation sites is 3. The highest BCUT2D eigenvalue weighted by Crippen LogP contribution is 2.53. The van der Waals surface area contributed by atoms with E-state index in [1.54, 1.807) is 0 Å². The molecule has 1 aliphatic rings. The molecule has 3 heterocycles. The minimum Gasteiger partial charge on any atom is -0.309 e. The van der Waals surface area contributed by atoms with Crippen LogP contribution >= 0.6 is 0 Å². The maximum absolute atomic E-state index is 5.34. The molecule has 0 spiro atoms. The lowest BCUT2D eigenvalue weighted by molar-refractivity contribution is 1.18. The first-order valence-corrected chi connectivity index (χ1v) is 19.1. The summed E-state index contributed by atoms with van der Waals surface area (Å²) in [4.78, 5) is 12.9. The Balaban J connectivity index is 1.01. The summed E-state index contributed by atoms with van der Waals surface area (Å²) in [6.07, 6.45) is 0. The second kappa shape index (κ2) is 12.0. The van der Waals surface area contributed by atoms with Crippen LogP contribution in [0.3, 0.4) is 0 Å². The third kappa shape index (κ3) is 4.53. The van der Waals surface area contributed by atoms with Crippen LogP contribution in [0.1, 0.15) is 0 Å². The molecule has 4 nitrogen and oxygen atoms in total. The van der Waals surface area contributed by atoms with E-state index in [2.05, 4.69) is 204 Å². The minimum absolute atomic E-state index is 0.703. The smallest absolute Gasteiger partial charge is 0.160 e. The van der Waals surface area contributed by atoms with Crippen molar-refractivity contribution in [3.63, 3.8) is 0 Å². The second-order valence-electron chi connectivity index (χ2n) is 14.6. The summed E-state index contributed by atoms with van der Waals surface area (Å²) in [6, 6.07) is 69.6. The maximum atomic E-state index is 5.34. The predicted molar refractivity (Wildman–Crippen MR) is 233 cm³/mol. The SMILES string of the molecule is c1ccc(-n2c3ccccc3c3cc(-c4nc(-c5ccc(N6c7c(ccc8ccccc78)-c7cccc8cccc6c78)cc5)nc5ccccc45)ccc32)cc1. The number of hydrogen-bond acceptors (Lipinski definition) is 3. The first kappa shape index (κ1) is 30.9. The Morgan fingerprint density at radius 2 is 1.09 bits per heavy atom. The monoisotopic (exact) mass is 712 g/mol. The Kier molecular flexibility index (Phi) is 6.60. The molecule has 0 N–H and O–H groups in total. The van der Waals surface area contributed by atoms with Gasteiger partial charge in [0.25, 0.3) is 0 Å². The van der Waals surface area contributed by atoms with Gasteiger partial charge in [-0.3, -0.25) is 0 Å². The van der Waals surface area contributed by atoms with Gasteiger partial charge >= 0.3 is 0 Å². The molecule has 0 saturated heterocycles. The zero-order valence-electron chi connectivity index (χ0n) is 30.3. The number of hydrogen-bond donors (Lipinski definition) is 0. The molecule has 0 atom stereocenters. The molecule has 56 heavy (non-hydrogen) atoms. The summed E-state index contributed by atoms with van der Waals surface area (Å²) in [5, 5.41) is 8.40. The van der Waals surface area contributed by atoms with Crippen molar-refractivity contribution >= 4 is 71.3 Å². The minimum atomic E-state index is 0.703. The fraction of sp³-hybridized carbons (Fsp3) is 0. The molecule has 12 rings (SSSR count). The van der Waals surface area contributed by atoms with Crippen LogP contribution in [0.4, 0.5) is 17.1 Å². The Labute approximate surface area is 323 Å². The highest BCUT2D eigenvalue weighted by Gasteiger charge is 2.28. The van der Waals surface area contributed by atoms with Crippen molar-refractivity contribution in [2.24, 2.45) is 0 Å². The lowest BCUT2D eigenvalue weighted by Crippen LogP contribution is -2.15. The number of anilines is 3. The van der Waals surface area contributed by atoms with E-state index in [1.807, 2.05) is 0 Å². The van der Waals surface area contributed by atoms with Crippen LogP contribution < -0.4 is 4.90 Å². The molecule has 0 fully saturated rings. The molecule has 9 aromatic carbocycles. The van der Waals surface area contributed by atoms with Crippen molar-refractivity contribution < 1.29 is 0 Å². The van der Waals surface area contributed by atoms with E-state index in [0.29, 0.717) is 5.82 Å². The molecule has 0 radical (unpaired) electrons. The fourth-order valence-electron chi connectivity index (χ4n) is 8.99. The standard InChI is InChI=1S/C52H32N4/c1-2-15-37(16-3-1)55-46-22-9-7-18-40(46)44-32-36(27-31-47(44)55)50-43-19-6-8-21-45(43)53-52(54-50)35-24-28-38(29-25-35)56-48-23-11-14-34-13-10-20-41(49(34)48)42-30-26-33-12-4-5-17-39(33)51(42)56/h1-32H. The summed E-state index contributed by atoms with van der Waals surface area (Å²) in [6.45, 7) is 0. The second-order valence-corrected chi connectivity index (χ2v) is 14.6. The topological polar surface area (TPSA) is 34.0 Å². The van der Waals surface area contributed by atoms with Gasteiger partial charge in [0.05, 0.1) is 33.6 Å². The molecular weight excluding hydrogens is 681 g/mol. The zero-order valence-corrected chi connectivity index (χ0v) is 30.3. The van der Waals surface area contributed by atoms with Crippen LogP contribution in [0.2, 0.25) is 0 Å². The molecule has 1 aliphatic heterocycles. The Bertz CT molecular complexity index is 3360. The van der Waals surface area contributed by atoms with E-state index in [9.17, 15) is 0 Å². The molecule has 4 heteroatoms. The van der Waals surface area contributed by atoms with Crippen molar-refractivity contribution in [2.75, 3.05) is 4.90 Å². The van der Waals surface area contributed by atoms with Gasteiger partial charge in [-0.15, -0.1) is 0 Å². The first-order chi connectivity index (χ1) is 27.8. The van der Waals surface area contributed by atoms with Crippen LogP contribution in [0.25, 0.3) is 93.7 Å². The fourth-order valence-corrected chi connectivity index (χ4v) is 8.99. The predicted octanol–water partition coefficient (Wildman–Crippen LogP) is 13.8. The quantitative estimate of drug-likeness (QED) is 0.182. The van der Waals surface area contributed by atoms with Gasteiger partial charge < -0.3 is 9.47 Å². The zero-order chi connectivity index (χ0) is 36.7. The molecule has 0 amide bonds. The average molecular weight is 713 g/mol. The van der Waals surface area contributed by atoms with E-state index in [4.69, 9.17) is 9.97 Å². The Morgan fingerprint density at radius 3 is 1.96 bits per heavy atom. The maximum Gasteiger partial charge on any atom is 0.160 e. The summed E-state index contributed by atoms with van der Waals surface area (Å²) in [7, 11) is 0. The molecule has 260 valence electrons. The number of rotatable bonds is 4. The molecule has 0 bridgehead atoms. The number of aromatic nitrogens is 3. The molecule has 11 aromatic rings. The molecule has 0 unspecified atom stereocenters. The third-order valence-electron chi connectivity index (χ3n) is 11.5. The first-order valence-electron chi connectivity index (χ1n) is 19.1. The van der Waals surface area contributed by atoms with Gasteiger partial charge in [0, 0.05) is 55.0 Å². The average Bonchev–Trinajstić information content (AvgIpc) is 3.60. The van der Waals surface area contributed by atoms with Crippen LogP contribution in [-0.2, 0) is 0 Å². The number of fused-ring (bicyclic) bond motifs is 8. The van der Waals surface area contributed by atoms with Gasteiger partial charge in [0.15, 0.2) is 5.82 Å². The highest BCUT2D eigenvalue weighted by atomic mass is 15.2. The van der Waals surface area contributed by atoms with Crippen LogP contribution in [0.5, 0.6) is 0 Å². The number of benzene rings is 9. The van der Waals surface area contributed by atoms with Gasteiger partial charge in [-0.2, -0.15) is 0 Å². The van der Waals surface area contributed by atoms with Gasteiger partial charge in [-0.1, -0.05) is 127 Å². The van der Waals surface area contributed by atoms with Gasteiger partial charge in [-0.25, -0.2) is 9.97 Å². The molecular formula is C52H32N4. The molecule has 2 aromatic heterocycles. The lowest BCUT2D eigenvalue weighted by atomic mass is 9.88. The van der Waals surface area contributed by atoms with Crippen LogP contribution in [0.15, 0.2) is 194 Å².